The van der Waals surface area contributed by atoms with Crippen LogP contribution < -0.4 is 0 Å². The van der Waals surface area contributed by atoms with Crippen LogP contribution in [-0.2, 0) is 11.3 Å². The summed E-state index contributed by atoms with van der Waals surface area (Å²) < 4.78 is 0. The van der Waals surface area contributed by atoms with Crippen molar-refractivity contribution in [3.63, 3.8) is 0 Å². The molecule has 1 unspecified atom stereocenters. The first-order chi connectivity index (χ1) is 20.0. The maximum atomic E-state index is 12.6. The number of rotatable bonds is 9. The van der Waals surface area contributed by atoms with Gasteiger partial charge in [0.1, 0.15) is 6.04 Å². The summed E-state index contributed by atoms with van der Waals surface area (Å²) in [6.45, 7) is 7.81. The summed E-state index contributed by atoms with van der Waals surface area (Å²) in [7, 11) is 0. The van der Waals surface area contributed by atoms with Crippen molar-refractivity contribution in [1.29, 1.82) is 0 Å². The summed E-state index contributed by atoms with van der Waals surface area (Å²) in [6, 6.07) is 9.94. The van der Waals surface area contributed by atoms with Gasteiger partial charge in [0.2, 0.25) is 0 Å². The topological polar surface area (TPSA) is 87.4 Å². The Bertz CT molecular complexity index is 1210. The zero-order valence-electron chi connectivity index (χ0n) is 24.5. The molecule has 4 atom stereocenters. The molecule has 1 N–H and O–H groups in total. The van der Waals surface area contributed by atoms with E-state index in [0.29, 0.717) is 36.1 Å². The fraction of sp³-hybridized carbons (Fsp3) is 0.636. The monoisotopic (exact) mass is 558 g/mol. The highest BCUT2D eigenvalue weighted by molar-refractivity contribution is 5.74. The van der Waals surface area contributed by atoms with Gasteiger partial charge in [-0.25, -0.2) is 0 Å². The zero-order valence-corrected chi connectivity index (χ0v) is 24.5. The third kappa shape index (κ3) is 6.81. The van der Waals surface area contributed by atoms with Crippen LogP contribution in [0.25, 0.3) is 0 Å². The summed E-state index contributed by atoms with van der Waals surface area (Å²) in [6.07, 6.45) is 15.7. The summed E-state index contributed by atoms with van der Waals surface area (Å²) in [5, 5.41) is 23.8. The molecule has 0 radical (unpaired) electrons. The van der Waals surface area contributed by atoms with Gasteiger partial charge < -0.3 is 10.0 Å². The minimum Gasteiger partial charge on any atom is -0.480 e. The van der Waals surface area contributed by atoms with Crippen LogP contribution >= 0.6 is 0 Å². The summed E-state index contributed by atoms with van der Waals surface area (Å²) in [5.74, 6) is 2.35. The fourth-order valence-corrected chi connectivity index (χ4v) is 7.93. The Kier molecular flexibility index (Phi) is 8.96. The Labute approximate surface area is 244 Å². The third-order valence-electron chi connectivity index (χ3n) is 10.1. The molecule has 4 aliphatic rings. The number of hydrogen-bond acceptors (Lipinski definition) is 6. The highest BCUT2D eigenvalue weighted by atomic mass is 16.4. The van der Waals surface area contributed by atoms with Crippen molar-refractivity contribution >= 4 is 5.97 Å². The molecule has 1 aromatic heterocycles. The molecule has 2 aliphatic carbocycles. The number of carboxylic acid groups (broad SMARTS) is 1. The second-order valence-electron chi connectivity index (χ2n) is 13.0. The lowest BCUT2D eigenvalue weighted by molar-refractivity contribution is -0.145. The molecule has 8 heteroatoms. The molecule has 0 amide bonds. The van der Waals surface area contributed by atoms with Gasteiger partial charge in [0.25, 0.3) is 0 Å². The number of nitrogens with zero attached hydrogens (tertiary/aromatic N) is 6. The SMILES string of the molecule is CC1C=CC=C([C@H]2CN([C@@H](C(=O)O)C3CCCCC3)C[C@@H]2CN2CCC(c3nnn(Cc4ccccc4)n3)CC2)C1. The van der Waals surface area contributed by atoms with Crippen LogP contribution in [0, 0.1) is 23.7 Å². The molecular formula is C33H46N6O2. The zero-order chi connectivity index (χ0) is 28.2. The largest absolute Gasteiger partial charge is 0.480 e. The predicted octanol–water partition coefficient (Wildman–Crippen LogP) is 5.00. The number of aliphatic carboxylic acids is 1. The Hall–Kier alpha value is -2.84. The van der Waals surface area contributed by atoms with Gasteiger partial charge in [-0.2, -0.15) is 4.80 Å². The van der Waals surface area contributed by atoms with E-state index in [1.54, 1.807) is 4.80 Å². The van der Waals surface area contributed by atoms with E-state index >= 15 is 0 Å². The second kappa shape index (κ2) is 13.0. The smallest absolute Gasteiger partial charge is 0.321 e. The molecule has 3 heterocycles. The highest BCUT2D eigenvalue weighted by Crippen LogP contribution is 2.39. The lowest BCUT2D eigenvalue weighted by atomic mass is 9.81. The lowest BCUT2D eigenvalue weighted by Gasteiger charge is -2.35. The first-order valence-corrected chi connectivity index (χ1v) is 15.9. The summed E-state index contributed by atoms with van der Waals surface area (Å²) in [4.78, 5) is 19.3. The van der Waals surface area contributed by atoms with Gasteiger partial charge in [-0.05, 0) is 79.6 Å². The van der Waals surface area contributed by atoms with Gasteiger partial charge in [-0.15, -0.1) is 10.2 Å². The molecule has 0 spiro atoms. The maximum Gasteiger partial charge on any atom is 0.321 e. The first kappa shape index (κ1) is 28.3. The normalized spacial score (nSPS) is 27.6. The molecule has 2 aliphatic heterocycles. The van der Waals surface area contributed by atoms with E-state index in [1.165, 1.54) is 30.4 Å². The number of tetrazole rings is 1. The van der Waals surface area contributed by atoms with Crippen LogP contribution in [0.2, 0.25) is 0 Å². The summed E-state index contributed by atoms with van der Waals surface area (Å²) in [5.41, 5.74) is 2.70. The van der Waals surface area contributed by atoms with E-state index < -0.39 is 5.97 Å². The molecule has 6 rings (SSSR count). The van der Waals surface area contributed by atoms with Crippen LogP contribution in [0.1, 0.15) is 75.6 Å². The number of allylic oxidation sites excluding steroid dienone is 3. The number of likely N-dealkylation sites (tertiary alicyclic amines) is 2. The van der Waals surface area contributed by atoms with Gasteiger partial charge in [0.15, 0.2) is 5.82 Å². The minimum absolute atomic E-state index is 0.290. The number of hydrogen-bond donors (Lipinski definition) is 1. The quantitative estimate of drug-likeness (QED) is 0.463. The van der Waals surface area contributed by atoms with Crippen LogP contribution in [0.15, 0.2) is 54.1 Å². The van der Waals surface area contributed by atoms with E-state index in [-0.39, 0.29) is 6.04 Å². The van der Waals surface area contributed by atoms with Gasteiger partial charge in [0, 0.05) is 25.6 Å². The number of benzene rings is 1. The van der Waals surface area contributed by atoms with E-state index in [4.69, 9.17) is 5.10 Å². The Morgan fingerprint density at radius 3 is 2.56 bits per heavy atom. The molecule has 1 aromatic carbocycles. The number of carboxylic acids is 1. The molecule has 2 saturated heterocycles. The van der Waals surface area contributed by atoms with Crippen molar-refractivity contribution in [2.75, 3.05) is 32.7 Å². The molecule has 2 aromatic rings. The molecule has 3 fully saturated rings. The minimum atomic E-state index is -0.615. The van der Waals surface area contributed by atoms with Crippen LogP contribution in [0.4, 0.5) is 0 Å². The number of piperidine rings is 1. The average Bonchev–Trinajstić information content (AvgIpc) is 3.62. The molecule has 220 valence electrons. The molecule has 0 bridgehead atoms. The van der Waals surface area contributed by atoms with Crippen LogP contribution in [-0.4, -0.2) is 79.8 Å². The Morgan fingerprint density at radius 2 is 1.83 bits per heavy atom. The van der Waals surface area contributed by atoms with Crippen molar-refractivity contribution in [2.24, 2.45) is 23.7 Å². The van der Waals surface area contributed by atoms with Gasteiger partial charge in [-0.3, -0.25) is 9.69 Å². The second-order valence-corrected chi connectivity index (χ2v) is 13.0. The standard InChI is InChI=1S/C33H46N6O2/c1-24-9-8-14-28(19-24)30-23-38(31(33(40)41)26-12-6-3-7-13-26)22-29(30)21-37-17-15-27(16-18-37)32-34-36-39(35-32)20-25-10-4-2-5-11-25/h2,4-5,8-11,14,24,26-27,29-31H,3,6-7,12-13,15-23H2,1H3,(H,40,41)/t24?,29-,30+,31+/m0/s1. The Morgan fingerprint density at radius 1 is 1.05 bits per heavy atom. The van der Waals surface area contributed by atoms with E-state index in [0.717, 1.165) is 70.7 Å². The lowest BCUT2D eigenvalue weighted by Crippen LogP contribution is -2.46. The van der Waals surface area contributed by atoms with E-state index in [2.05, 4.69) is 57.4 Å². The Balaban J connectivity index is 1.10. The average molecular weight is 559 g/mol. The molecule has 1 saturated carbocycles. The van der Waals surface area contributed by atoms with Crippen LogP contribution in [0.5, 0.6) is 0 Å². The fourth-order valence-electron chi connectivity index (χ4n) is 7.93. The van der Waals surface area contributed by atoms with E-state index in [1.807, 2.05) is 18.2 Å². The van der Waals surface area contributed by atoms with Crippen LogP contribution in [0.3, 0.4) is 0 Å². The highest BCUT2D eigenvalue weighted by Gasteiger charge is 2.44. The molecular weight excluding hydrogens is 512 g/mol. The first-order valence-electron chi connectivity index (χ1n) is 15.9. The van der Waals surface area contributed by atoms with Gasteiger partial charge >= 0.3 is 5.97 Å². The van der Waals surface area contributed by atoms with Crippen molar-refractivity contribution in [3.8, 4) is 0 Å². The van der Waals surface area contributed by atoms with Gasteiger partial charge in [0.05, 0.1) is 6.54 Å². The molecule has 8 nitrogen and oxygen atoms in total. The van der Waals surface area contributed by atoms with Crippen molar-refractivity contribution in [1.82, 2.24) is 30.0 Å². The van der Waals surface area contributed by atoms with Crippen molar-refractivity contribution in [3.05, 3.63) is 65.5 Å². The maximum absolute atomic E-state index is 12.6. The predicted molar refractivity (Wildman–Crippen MR) is 159 cm³/mol. The summed E-state index contributed by atoms with van der Waals surface area (Å²) >= 11 is 0. The van der Waals surface area contributed by atoms with Gasteiger partial charge in [-0.1, -0.05) is 80.3 Å². The van der Waals surface area contributed by atoms with Crippen molar-refractivity contribution in [2.45, 2.75) is 76.8 Å². The van der Waals surface area contributed by atoms with E-state index in [9.17, 15) is 9.90 Å². The third-order valence-corrected chi connectivity index (χ3v) is 10.1. The van der Waals surface area contributed by atoms with Crippen molar-refractivity contribution < 1.29 is 9.90 Å². The number of carbonyl (C=O) groups is 1. The molecule has 41 heavy (non-hydrogen) atoms. The number of aromatic nitrogens is 4.